The van der Waals surface area contributed by atoms with Crippen molar-refractivity contribution in [3.63, 3.8) is 0 Å². The van der Waals surface area contributed by atoms with Gasteiger partial charge in [0.05, 0.1) is 24.1 Å². The summed E-state index contributed by atoms with van der Waals surface area (Å²) in [5.74, 6) is -0.792. The molecule has 24 heavy (non-hydrogen) atoms. The molecule has 1 aromatic carbocycles. The van der Waals surface area contributed by atoms with Crippen molar-refractivity contribution in [2.24, 2.45) is 23.7 Å². The molecule has 4 rings (SSSR count). The molecule has 4 atom stereocenters. The number of carbonyl (C=O) groups is 2. The van der Waals surface area contributed by atoms with Crippen LogP contribution < -0.4 is 5.32 Å². The number of hydrogen-bond donors (Lipinski definition) is 1. The second-order valence-corrected chi connectivity index (χ2v) is 6.52. The normalized spacial score (nSPS) is 31.0. The van der Waals surface area contributed by atoms with Gasteiger partial charge in [-0.05, 0) is 36.5 Å². The first-order valence-corrected chi connectivity index (χ1v) is 7.81. The summed E-state index contributed by atoms with van der Waals surface area (Å²) in [6, 6.07) is 4.71. The van der Waals surface area contributed by atoms with E-state index in [-0.39, 0.29) is 47.8 Å². The quantitative estimate of drug-likeness (QED) is 0.682. The van der Waals surface area contributed by atoms with Crippen LogP contribution in [0.5, 0.6) is 0 Å². The molecule has 1 N–H and O–H groups in total. The molecule has 0 spiro atoms. The molecule has 2 aliphatic carbocycles. The average Bonchev–Trinajstić information content (AvgIpc) is 3.20. The van der Waals surface area contributed by atoms with Gasteiger partial charge in [-0.3, -0.25) is 14.5 Å². The Kier molecular flexibility index (Phi) is 3.23. The second-order valence-electron chi connectivity index (χ2n) is 6.52. The first-order valence-electron chi connectivity index (χ1n) is 7.81. The Morgan fingerprint density at radius 2 is 1.71 bits per heavy atom. The third-order valence-electron chi connectivity index (χ3n) is 5.19. The van der Waals surface area contributed by atoms with Crippen LogP contribution in [-0.2, 0) is 15.8 Å². The van der Waals surface area contributed by atoms with Crippen LogP contribution in [0.15, 0.2) is 36.4 Å². The van der Waals surface area contributed by atoms with Gasteiger partial charge in [-0.15, -0.1) is 0 Å². The molecule has 0 radical (unpaired) electrons. The van der Waals surface area contributed by atoms with E-state index < -0.39 is 11.7 Å². The molecular formula is C17H15F3N2O2. The molecule has 3 aliphatic rings. The SMILES string of the molecule is O=C1C2C3C=CC(C3)C2C(=O)N1CNc1cccc(C(F)(F)F)c1. The molecule has 7 heteroatoms. The fourth-order valence-corrected chi connectivity index (χ4v) is 4.10. The number of alkyl halides is 3. The number of amides is 2. The van der Waals surface area contributed by atoms with Gasteiger partial charge in [0.1, 0.15) is 0 Å². The number of anilines is 1. The highest BCUT2D eigenvalue weighted by Crippen LogP contribution is 2.52. The van der Waals surface area contributed by atoms with Crippen LogP contribution in [-0.4, -0.2) is 23.4 Å². The van der Waals surface area contributed by atoms with Crippen LogP contribution in [0.3, 0.4) is 0 Å². The maximum atomic E-state index is 12.7. The van der Waals surface area contributed by atoms with Crippen LogP contribution in [0.2, 0.25) is 0 Å². The maximum Gasteiger partial charge on any atom is 0.416 e. The van der Waals surface area contributed by atoms with E-state index in [0.717, 1.165) is 23.5 Å². The van der Waals surface area contributed by atoms with Gasteiger partial charge < -0.3 is 5.32 Å². The molecule has 1 saturated carbocycles. The number of likely N-dealkylation sites (tertiary alicyclic amines) is 1. The minimum atomic E-state index is -4.43. The van der Waals surface area contributed by atoms with Crippen molar-refractivity contribution in [2.45, 2.75) is 12.6 Å². The topological polar surface area (TPSA) is 49.4 Å². The highest BCUT2D eigenvalue weighted by Gasteiger charge is 2.59. The van der Waals surface area contributed by atoms with Crippen molar-refractivity contribution in [3.05, 3.63) is 42.0 Å². The minimum Gasteiger partial charge on any atom is -0.367 e. The lowest BCUT2D eigenvalue weighted by atomic mass is 9.85. The second kappa shape index (κ2) is 5.09. The summed E-state index contributed by atoms with van der Waals surface area (Å²) in [6.45, 7) is -0.106. The summed E-state index contributed by atoms with van der Waals surface area (Å²) in [4.78, 5) is 26.1. The first-order chi connectivity index (χ1) is 11.4. The van der Waals surface area contributed by atoms with E-state index in [0.29, 0.717) is 0 Å². The van der Waals surface area contributed by atoms with Gasteiger partial charge in [0.15, 0.2) is 0 Å². The number of halogens is 3. The van der Waals surface area contributed by atoms with E-state index in [2.05, 4.69) is 5.32 Å². The minimum absolute atomic E-state index is 0.106. The van der Waals surface area contributed by atoms with Crippen molar-refractivity contribution in [3.8, 4) is 0 Å². The van der Waals surface area contributed by atoms with E-state index in [1.807, 2.05) is 12.2 Å². The number of benzene rings is 1. The fraction of sp³-hybridized carbons (Fsp3) is 0.412. The number of nitrogens with zero attached hydrogens (tertiary/aromatic N) is 1. The lowest BCUT2D eigenvalue weighted by Crippen LogP contribution is -2.37. The molecule has 1 heterocycles. The van der Waals surface area contributed by atoms with Gasteiger partial charge in [-0.1, -0.05) is 18.2 Å². The third kappa shape index (κ3) is 2.22. The largest absolute Gasteiger partial charge is 0.416 e. The lowest BCUT2D eigenvalue weighted by molar-refractivity contribution is -0.140. The lowest BCUT2D eigenvalue weighted by Gasteiger charge is -2.19. The highest BCUT2D eigenvalue weighted by atomic mass is 19.4. The van der Waals surface area contributed by atoms with Crippen molar-refractivity contribution >= 4 is 17.5 Å². The van der Waals surface area contributed by atoms with E-state index in [9.17, 15) is 22.8 Å². The van der Waals surface area contributed by atoms with Crippen LogP contribution in [0.1, 0.15) is 12.0 Å². The van der Waals surface area contributed by atoms with Gasteiger partial charge in [-0.25, -0.2) is 0 Å². The molecule has 2 amide bonds. The molecule has 2 fully saturated rings. The molecule has 4 unspecified atom stereocenters. The van der Waals surface area contributed by atoms with E-state index >= 15 is 0 Å². The van der Waals surface area contributed by atoms with Gasteiger partial charge in [-0.2, -0.15) is 13.2 Å². The molecular weight excluding hydrogens is 321 g/mol. The third-order valence-corrected chi connectivity index (χ3v) is 5.19. The van der Waals surface area contributed by atoms with Gasteiger partial charge in [0, 0.05) is 5.69 Å². The molecule has 1 aromatic rings. The highest BCUT2D eigenvalue weighted by molar-refractivity contribution is 6.06. The number of fused-ring (bicyclic) bond motifs is 5. The molecule has 2 bridgehead atoms. The zero-order chi connectivity index (χ0) is 17.1. The van der Waals surface area contributed by atoms with Gasteiger partial charge in [0.25, 0.3) is 0 Å². The number of rotatable bonds is 3. The smallest absolute Gasteiger partial charge is 0.367 e. The van der Waals surface area contributed by atoms with E-state index in [4.69, 9.17) is 0 Å². The molecule has 126 valence electrons. The summed E-state index contributed by atoms with van der Waals surface area (Å²) in [6.07, 6.45) is 0.419. The van der Waals surface area contributed by atoms with Crippen molar-refractivity contribution in [2.75, 3.05) is 12.0 Å². The van der Waals surface area contributed by atoms with Crippen LogP contribution in [0, 0.1) is 23.7 Å². The molecule has 1 saturated heterocycles. The number of nitrogens with one attached hydrogen (secondary N) is 1. The average molecular weight is 336 g/mol. The molecule has 1 aliphatic heterocycles. The van der Waals surface area contributed by atoms with Crippen LogP contribution in [0.25, 0.3) is 0 Å². The van der Waals surface area contributed by atoms with Gasteiger partial charge in [0.2, 0.25) is 11.8 Å². The van der Waals surface area contributed by atoms with E-state index in [1.54, 1.807) is 0 Å². The zero-order valence-electron chi connectivity index (χ0n) is 12.6. The maximum absolute atomic E-state index is 12.7. The Bertz CT molecular complexity index is 714. The number of hydrogen-bond acceptors (Lipinski definition) is 3. The Morgan fingerprint density at radius 3 is 2.29 bits per heavy atom. The standard InChI is InChI=1S/C17H15F3N2O2/c18-17(19,20)11-2-1-3-12(7-11)21-8-22-15(23)13-9-4-5-10(6-9)14(13)16(22)24/h1-5,7,9-10,13-14,21H,6,8H2. The van der Waals surface area contributed by atoms with Crippen molar-refractivity contribution < 1.29 is 22.8 Å². The summed E-state index contributed by atoms with van der Waals surface area (Å²) in [5.41, 5.74) is -0.547. The summed E-state index contributed by atoms with van der Waals surface area (Å²) in [5, 5.41) is 2.76. The fourth-order valence-electron chi connectivity index (χ4n) is 4.10. The van der Waals surface area contributed by atoms with Crippen molar-refractivity contribution in [1.82, 2.24) is 4.90 Å². The Labute approximate surface area is 136 Å². The zero-order valence-corrected chi connectivity index (χ0v) is 12.6. The number of carbonyl (C=O) groups excluding carboxylic acids is 2. The monoisotopic (exact) mass is 336 g/mol. The summed E-state index contributed by atoms with van der Waals surface area (Å²) < 4.78 is 38.2. The predicted octanol–water partition coefficient (Wildman–Crippen LogP) is 2.88. The van der Waals surface area contributed by atoms with Crippen molar-refractivity contribution in [1.29, 1.82) is 0 Å². The van der Waals surface area contributed by atoms with Crippen LogP contribution >= 0.6 is 0 Å². The summed E-state index contributed by atoms with van der Waals surface area (Å²) in [7, 11) is 0. The number of allylic oxidation sites excluding steroid dienone is 2. The molecule has 0 aromatic heterocycles. The Balaban J connectivity index is 1.48. The first kappa shape index (κ1) is 15.2. The van der Waals surface area contributed by atoms with E-state index in [1.165, 1.54) is 12.1 Å². The summed E-state index contributed by atoms with van der Waals surface area (Å²) >= 11 is 0. The number of imide groups is 1. The Morgan fingerprint density at radius 1 is 1.08 bits per heavy atom. The van der Waals surface area contributed by atoms with Crippen LogP contribution in [0.4, 0.5) is 18.9 Å². The Hall–Kier alpha value is -2.31. The van der Waals surface area contributed by atoms with Gasteiger partial charge >= 0.3 is 6.18 Å². The predicted molar refractivity (Wildman–Crippen MR) is 79.5 cm³/mol. The molecule has 4 nitrogen and oxygen atoms in total.